The molecule has 7 heteroatoms. The van der Waals surface area contributed by atoms with E-state index in [4.69, 9.17) is 4.74 Å². The maximum Gasteiger partial charge on any atom is 0.410 e. The molecule has 1 aromatic rings. The molecule has 0 radical (unpaired) electrons. The SMILES string of the molecule is CC(C)(C)OC(=O)N1CCN2C(=O)[C@@H](C/C=C/c3ccc(F)c(F)c3)C[C@H]2C1. The number of carbonyl (C=O) groups excluding carboxylic acids is 2. The molecule has 2 amide bonds. The van der Waals surface area contributed by atoms with E-state index in [-0.39, 0.29) is 24.0 Å². The standard InChI is InChI=1S/C21H26F2N2O3/c1-21(2,3)28-20(27)24-9-10-25-16(13-24)12-15(19(25)26)6-4-5-14-7-8-17(22)18(23)11-14/h4-5,7-8,11,15-16H,6,9-10,12-13H2,1-3H3/b5-4+/t15-,16-/m0/s1. The smallest absolute Gasteiger partial charge is 0.410 e. The first-order valence-electron chi connectivity index (χ1n) is 9.54. The van der Waals surface area contributed by atoms with E-state index in [0.717, 1.165) is 12.1 Å². The summed E-state index contributed by atoms with van der Waals surface area (Å²) in [7, 11) is 0. The van der Waals surface area contributed by atoms with Crippen LogP contribution in [0.5, 0.6) is 0 Å². The monoisotopic (exact) mass is 392 g/mol. The molecule has 2 saturated heterocycles. The first-order chi connectivity index (χ1) is 13.1. The summed E-state index contributed by atoms with van der Waals surface area (Å²) in [5, 5.41) is 0. The van der Waals surface area contributed by atoms with Crippen LogP contribution in [-0.4, -0.2) is 53.1 Å². The maximum absolute atomic E-state index is 13.3. The van der Waals surface area contributed by atoms with E-state index >= 15 is 0 Å². The molecule has 2 aliphatic rings. The van der Waals surface area contributed by atoms with E-state index in [2.05, 4.69) is 0 Å². The van der Waals surface area contributed by atoms with Gasteiger partial charge in [0.2, 0.25) is 5.91 Å². The highest BCUT2D eigenvalue weighted by Crippen LogP contribution is 2.31. The molecule has 152 valence electrons. The van der Waals surface area contributed by atoms with Gasteiger partial charge in [-0.05, 0) is 51.3 Å². The first kappa shape index (κ1) is 20.3. The Bertz CT molecular complexity index is 788. The number of ether oxygens (including phenoxy) is 1. The van der Waals surface area contributed by atoms with Crippen molar-refractivity contribution >= 4 is 18.1 Å². The van der Waals surface area contributed by atoms with Crippen LogP contribution in [0.3, 0.4) is 0 Å². The summed E-state index contributed by atoms with van der Waals surface area (Å²) in [5.41, 5.74) is 0.00512. The molecular weight excluding hydrogens is 366 g/mol. The molecule has 1 aromatic carbocycles. The van der Waals surface area contributed by atoms with Crippen LogP contribution < -0.4 is 0 Å². The van der Waals surface area contributed by atoms with Gasteiger partial charge in [-0.15, -0.1) is 0 Å². The molecule has 2 fully saturated rings. The third-order valence-corrected chi connectivity index (χ3v) is 5.00. The highest BCUT2D eigenvalue weighted by atomic mass is 19.2. The molecule has 5 nitrogen and oxygen atoms in total. The highest BCUT2D eigenvalue weighted by Gasteiger charge is 2.43. The summed E-state index contributed by atoms with van der Waals surface area (Å²) in [6.45, 7) is 6.94. The minimum atomic E-state index is -0.890. The molecule has 0 aliphatic carbocycles. The van der Waals surface area contributed by atoms with Crippen molar-refractivity contribution in [2.45, 2.75) is 45.3 Å². The van der Waals surface area contributed by atoms with Crippen LogP contribution in [0.4, 0.5) is 13.6 Å². The number of halogens is 2. The van der Waals surface area contributed by atoms with E-state index in [1.54, 1.807) is 11.0 Å². The van der Waals surface area contributed by atoms with Crippen LogP contribution in [0.1, 0.15) is 39.2 Å². The van der Waals surface area contributed by atoms with Gasteiger partial charge in [-0.25, -0.2) is 13.6 Å². The predicted octanol–water partition coefficient (Wildman–Crippen LogP) is 3.84. The van der Waals surface area contributed by atoms with Crippen LogP contribution in [-0.2, 0) is 9.53 Å². The predicted molar refractivity (Wildman–Crippen MR) is 101 cm³/mol. The average Bonchev–Trinajstić information content (AvgIpc) is 2.92. The first-order valence-corrected chi connectivity index (χ1v) is 9.54. The van der Waals surface area contributed by atoms with Crippen molar-refractivity contribution in [1.82, 2.24) is 9.80 Å². The number of allylic oxidation sites excluding steroid dienone is 1. The quantitative estimate of drug-likeness (QED) is 0.785. The third-order valence-electron chi connectivity index (χ3n) is 5.00. The number of hydrogen-bond acceptors (Lipinski definition) is 3. The Hall–Kier alpha value is -2.44. The van der Waals surface area contributed by atoms with Crippen LogP contribution in [0.2, 0.25) is 0 Å². The summed E-state index contributed by atoms with van der Waals surface area (Å²) < 4.78 is 31.7. The molecule has 2 heterocycles. The van der Waals surface area contributed by atoms with Gasteiger partial charge in [-0.1, -0.05) is 18.2 Å². The van der Waals surface area contributed by atoms with Crippen LogP contribution in [0.25, 0.3) is 6.08 Å². The number of carbonyl (C=O) groups is 2. The summed E-state index contributed by atoms with van der Waals surface area (Å²) >= 11 is 0. The topological polar surface area (TPSA) is 49.9 Å². The lowest BCUT2D eigenvalue weighted by Crippen LogP contribution is -2.54. The Morgan fingerprint density at radius 3 is 2.68 bits per heavy atom. The van der Waals surface area contributed by atoms with E-state index in [9.17, 15) is 18.4 Å². The van der Waals surface area contributed by atoms with Gasteiger partial charge >= 0.3 is 6.09 Å². The minimum absolute atomic E-state index is 0.00423. The Morgan fingerprint density at radius 2 is 2.00 bits per heavy atom. The summed E-state index contributed by atoms with van der Waals surface area (Å²) in [5.74, 6) is -1.85. The Labute approximate surface area is 163 Å². The zero-order chi connectivity index (χ0) is 20.5. The van der Waals surface area contributed by atoms with E-state index < -0.39 is 17.2 Å². The van der Waals surface area contributed by atoms with Gasteiger partial charge in [0.25, 0.3) is 0 Å². The lowest BCUT2D eigenvalue weighted by Gasteiger charge is -2.38. The van der Waals surface area contributed by atoms with Crippen molar-refractivity contribution in [3.8, 4) is 0 Å². The van der Waals surface area contributed by atoms with E-state index in [1.807, 2.05) is 31.7 Å². The van der Waals surface area contributed by atoms with E-state index in [1.165, 1.54) is 6.07 Å². The molecule has 2 atom stereocenters. The van der Waals surface area contributed by atoms with Gasteiger partial charge < -0.3 is 14.5 Å². The number of amides is 2. The summed E-state index contributed by atoms with van der Waals surface area (Å²) in [6.07, 6.45) is 4.36. The normalized spacial score (nSPS) is 22.7. The van der Waals surface area contributed by atoms with Gasteiger partial charge in [0.15, 0.2) is 11.6 Å². The zero-order valence-corrected chi connectivity index (χ0v) is 16.5. The molecular formula is C21H26F2N2O3. The molecule has 28 heavy (non-hydrogen) atoms. The van der Waals surface area contributed by atoms with Gasteiger partial charge in [0, 0.05) is 25.6 Å². The van der Waals surface area contributed by atoms with E-state index in [0.29, 0.717) is 38.0 Å². The number of hydrogen-bond donors (Lipinski definition) is 0. The second kappa shape index (κ2) is 7.89. The van der Waals surface area contributed by atoms with Gasteiger partial charge in [-0.2, -0.15) is 0 Å². The van der Waals surface area contributed by atoms with Crippen LogP contribution in [0.15, 0.2) is 24.3 Å². The number of benzene rings is 1. The minimum Gasteiger partial charge on any atom is -0.444 e. The second-order valence-electron chi connectivity index (χ2n) is 8.36. The van der Waals surface area contributed by atoms with Crippen molar-refractivity contribution in [1.29, 1.82) is 0 Å². The average molecular weight is 392 g/mol. The highest BCUT2D eigenvalue weighted by molar-refractivity contribution is 5.82. The Morgan fingerprint density at radius 1 is 1.25 bits per heavy atom. The molecule has 0 spiro atoms. The van der Waals surface area contributed by atoms with Crippen molar-refractivity contribution in [2.24, 2.45) is 5.92 Å². The fourth-order valence-electron chi connectivity index (χ4n) is 3.68. The van der Waals surface area contributed by atoms with Crippen molar-refractivity contribution in [3.05, 3.63) is 41.5 Å². The third kappa shape index (κ3) is 4.69. The largest absolute Gasteiger partial charge is 0.444 e. The Kier molecular flexibility index (Phi) is 5.72. The fraction of sp³-hybridized carbons (Fsp3) is 0.524. The maximum atomic E-state index is 13.3. The van der Waals surface area contributed by atoms with Crippen LogP contribution in [0, 0.1) is 17.6 Å². The lowest BCUT2D eigenvalue weighted by molar-refractivity contribution is -0.133. The molecule has 0 saturated carbocycles. The lowest BCUT2D eigenvalue weighted by atomic mass is 10.00. The summed E-state index contributed by atoms with van der Waals surface area (Å²) in [4.78, 5) is 28.4. The Balaban J connectivity index is 1.57. The number of rotatable bonds is 3. The van der Waals surface area contributed by atoms with Crippen molar-refractivity contribution in [2.75, 3.05) is 19.6 Å². The molecule has 0 bridgehead atoms. The molecule has 2 aliphatic heterocycles. The van der Waals surface area contributed by atoms with Crippen molar-refractivity contribution in [3.63, 3.8) is 0 Å². The van der Waals surface area contributed by atoms with Crippen molar-refractivity contribution < 1.29 is 23.1 Å². The summed E-state index contributed by atoms with van der Waals surface area (Å²) in [6, 6.07) is 3.70. The van der Waals surface area contributed by atoms with Crippen LogP contribution >= 0.6 is 0 Å². The van der Waals surface area contributed by atoms with Gasteiger partial charge in [0.1, 0.15) is 5.60 Å². The number of nitrogens with zero attached hydrogens (tertiary/aromatic N) is 2. The molecule has 3 rings (SSSR count). The number of piperazine rings is 1. The van der Waals surface area contributed by atoms with Gasteiger partial charge in [0.05, 0.1) is 6.04 Å². The molecule has 0 unspecified atom stereocenters. The molecule has 0 N–H and O–H groups in total. The fourth-order valence-corrected chi connectivity index (χ4v) is 3.68. The number of fused-ring (bicyclic) bond motifs is 1. The van der Waals surface area contributed by atoms with Gasteiger partial charge in [-0.3, -0.25) is 4.79 Å². The molecule has 0 aromatic heterocycles. The second-order valence-corrected chi connectivity index (χ2v) is 8.36. The zero-order valence-electron chi connectivity index (χ0n) is 16.5.